The van der Waals surface area contributed by atoms with Crippen LogP contribution in [0.1, 0.15) is 25.7 Å². The molecule has 0 saturated carbocycles. The maximum absolute atomic E-state index is 12.1. The number of methoxy groups -OCH3 is 1. The number of anilines is 2. The Kier molecular flexibility index (Phi) is 6.36. The Hall–Kier alpha value is -2.69. The quantitative estimate of drug-likeness (QED) is 0.813. The molecule has 5 nitrogen and oxygen atoms in total. The van der Waals surface area contributed by atoms with Crippen molar-refractivity contribution in [2.75, 3.05) is 37.0 Å². The highest BCUT2D eigenvalue weighted by Gasteiger charge is 2.11. The lowest BCUT2D eigenvalue weighted by molar-refractivity contribution is -0.116. The van der Waals surface area contributed by atoms with Gasteiger partial charge in [-0.15, -0.1) is 0 Å². The van der Waals surface area contributed by atoms with E-state index in [1.165, 1.54) is 24.9 Å². The van der Waals surface area contributed by atoms with Crippen LogP contribution in [0.4, 0.5) is 11.4 Å². The van der Waals surface area contributed by atoms with Crippen molar-refractivity contribution in [3.63, 3.8) is 0 Å². The Balaban J connectivity index is 1.45. The van der Waals surface area contributed by atoms with E-state index in [0.717, 1.165) is 18.8 Å². The fraction of sp³-hybridized carbons (Fsp3) is 0.381. The average Bonchev–Trinajstić information content (AvgIpc) is 2.69. The first-order valence-corrected chi connectivity index (χ1v) is 9.17. The molecule has 0 spiro atoms. The van der Waals surface area contributed by atoms with Gasteiger partial charge in [-0.25, -0.2) is 0 Å². The molecule has 0 bridgehead atoms. The normalized spacial score (nSPS) is 14.0. The van der Waals surface area contributed by atoms with Crippen molar-refractivity contribution in [1.82, 2.24) is 0 Å². The van der Waals surface area contributed by atoms with Crippen LogP contribution < -0.4 is 19.7 Å². The summed E-state index contributed by atoms with van der Waals surface area (Å²) in [6, 6.07) is 15.5. The minimum Gasteiger partial charge on any atom is -0.493 e. The second kappa shape index (κ2) is 9.13. The van der Waals surface area contributed by atoms with Crippen LogP contribution in [0, 0.1) is 0 Å². The molecule has 3 rings (SSSR count). The van der Waals surface area contributed by atoms with Crippen molar-refractivity contribution in [1.29, 1.82) is 0 Å². The van der Waals surface area contributed by atoms with E-state index in [1.807, 2.05) is 36.4 Å². The Morgan fingerprint density at radius 1 is 1.00 bits per heavy atom. The molecular weight excluding hydrogens is 328 g/mol. The molecule has 5 heteroatoms. The van der Waals surface area contributed by atoms with Gasteiger partial charge < -0.3 is 19.7 Å². The van der Waals surface area contributed by atoms with Gasteiger partial charge >= 0.3 is 0 Å². The van der Waals surface area contributed by atoms with Crippen molar-refractivity contribution in [3.05, 3.63) is 48.5 Å². The summed E-state index contributed by atoms with van der Waals surface area (Å²) in [6.45, 7) is 2.54. The minimum absolute atomic E-state index is 0.0642. The number of piperidine rings is 1. The number of hydrogen-bond acceptors (Lipinski definition) is 4. The summed E-state index contributed by atoms with van der Waals surface area (Å²) < 4.78 is 10.9. The predicted molar refractivity (Wildman–Crippen MR) is 104 cm³/mol. The van der Waals surface area contributed by atoms with Crippen LogP contribution in [0.3, 0.4) is 0 Å². The number of rotatable bonds is 7. The zero-order chi connectivity index (χ0) is 18.2. The molecule has 1 fully saturated rings. The fourth-order valence-electron chi connectivity index (χ4n) is 3.12. The van der Waals surface area contributed by atoms with Gasteiger partial charge in [0.05, 0.1) is 20.1 Å². The van der Waals surface area contributed by atoms with Crippen LogP contribution in [0.25, 0.3) is 0 Å². The minimum atomic E-state index is -0.0642. The summed E-state index contributed by atoms with van der Waals surface area (Å²) >= 11 is 0. The molecule has 1 aliphatic heterocycles. The molecular formula is C21H26N2O3. The summed E-state index contributed by atoms with van der Waals surface area (Å²) in [4.78, 5) is 14.5. The van der Waals surface area contributed by atoms with Gasteiger partial charge in [0.15, 0.2) is 11.5 Å². The van der Waals surface area contributed by atoms with Gasteiger partial charge in [-0.1, -0.05) is 12.1 Å². The molecule has 138 valence electrons. The first kappa shape index (κ1) is 18.1. The molecule has 0 aliphatic carbocycles. The summed E-state index contributed by atoms with van der Waals surface area (Å²) in [5, 5.41) is 2.92. The lowest BCUT2D eigenvalue weighted by atomic mass is 10.1. The number of hydrogen-bond donors (Lipinski definition) is 1. The lowest BCUT2D eigenvalue weighted by Gasteiger charge is -2.28. The predicted octanol–water partition coefficient (Wildman–Crippen LogP) is 4.09. The SMILES string of the molecule is COc1ccccc1OCCC(=O)Nc1ccc(N2CCCCC2)cc1. The summed E-state index contributed by atoms with van der Waals surface area (Å²) in [5.74, 6) is 1.25. The molecule has 0 atom stereocenters. The first-order chi connectivity index (χ1) is 12.8. The van der Waals surface area contributed by atoms with E-state index in [9.17, 15) is 4.79 Å². The van der Waals surface area contributed by atoms with Gasteiger partial charge in [-0.05, 0) is 55.7 Å². The highest BCUT2D eigenvalue weighted by atomic mass is 16.5. The Morgan fingerprint density at radius 2 is 1.69 bits per heavy atom. The Morgan fingerprint density at radius 3 is 2.38 bits per heavy atom. The van der Waals surface area contributed by atoms with Gasteiger partial charge in [0.25, 0.3) is 0 Å². The molecule has 0 unspecified atom stereocenters. The standard InChI is InChI=1S/C21H26N2O3/c1-25-19-7-3-4-8-20(19)26-16-13-21(24)22-17-9-11-18(12-10-17)23-14-5-2-6-15-23/h3-4,7-12H,2,5-6,13-16H2,1H3,(H,22,24). The van der Waals surface area contributed by atoms with E-state index >= 15 is 0 Å². The average molecular weight is 354 g/mol. The number of carbonyl (C=O) groups is 1. The summed E-state index contributed by atoms with van der Waals surface area (Å²) in [6.07, 6.45) is 4.11. The molecule has 1 N–H and O–H groups in total. The van der Waals surface area contributed by atoms with Crippen LogP contribution >= 0.6 is 0 Å². The first-order valence-electron chi connectivity index (χ1n) is 9.17. The largest absolute Gasteiger partial charge is 0.493 e. The van der Waals surface area contributed by atoms with Crippen molar-refractivity contribution in [3.8, 4) is 11.5 Å². The zero-order valence-electron chi connectivity index (χ0n) is 15.2. The van der Waals surface area contributed by atoms with Crippen molar-refractivity contribution >= 4 is 17.3 Å². The number of amides is 1. The third-order valence-corrected chi connectivity index (χ3v) is 4.53. The van der Waals surface area contributed by atoms with Crippen LogP contribution in [0.2, 0.25) is 0 Å². The molecule has 2 aromatic rings. The number of nitrogens with one attached hydrogen (secondary N) is 1. The second-order valence-corrected chi connectivity index (χ2v) is 6.39. The van der Waals surface area contributed by atoms with Crippen molar-refractivity contribution in [2.45, 2.75) is 25.7 Å². The Labute approximate surface area is 154 Å². The van der Waals surface area contributed by atoms with Crippen LogP contribution in [-0.4, -0.2) is 32.7 Å². The molecule has 1 aliphatic rings. The van der Waals surface area contributed by atoms with E-state index < -0.39 is 0 Å². The van der Waals surface area contributed by atoms with Gasteiger partial charge in [0, 0.05) is 24.5 Å². The third-order valence-electron chi connectivity index (χ3n) is 4.53. The van der Waals surface area contributed by atoms with Gasteiger partial charge in [0.2, 0.25) is 5.91 Å². The third kappa shape index (κ3) is 4.91. The lowest BCUT2D eigenvalue weighted by Crippen LogP contribution is -2.29. The number of para-hydroxylation sites is 2. The van der Waals surface area contributed by atoms with Crippen molar-refractivity contribution in [2.24, 2.45) is 0 Å². The van der Waals surface area contributed by atoms with Crippen LogP contribution in [0.5, 0.6) is 11.5 Å². The van der Waals surface area contributed by atoms with E-state index in [-0.39, 0.29) is 12.3 Å². The molecule has 0 radical (unpaired) electrons. The maximum atomic E-state index is 12.1. The van der Waals surface area contributed by atoms with E-state index in [0.29, 0.717) is 18.1 Å². The maximum Gasteiger partial charge on any atom is 0.227 e. The monoisotopic (exact) mass is 354 g/mol. The van der Waals surface area contributed by atoms with E-state index in [4.69, 9.17) is 9.47 Å². The fourth-order valence-corrected chi connectivity index (χ4v) is 3.12. The smallest absolute Gasteiger partial charge is 0.227 e. The number of ether oxygens (including phenoxy) is 2. The zero-order valence-corrected chi connectivity index (χ0v) is 15.2. The number of benzene rings is 2. The number of carbonyl (C=O) groups excluding carboxylic acids is 1. The second-order valence-electron chi connectivity index (χ2n) is 6.39. The number of nitrogens with zero attached hydrogens (tertiary/aromatic N) is 1. The molecule has 2 aromatic carbocycles. The van der Waals surface area contributed by atoms with Gasteiger partial charge in [-0.2, -0.15) is 0 Å². The molecule has 0 aromatic heterocycles. The van der Waals surface area contributed by atoms with E-state index in [2.05, 4.69) is 22.3 Å². The molecule has 26 heavy (non-hydrogen) atoms. The summed E-state index contributed by atoms with van der Waals surface area (Å²) in [5.41, 5.74) is 2.04. The highest BCUT2D eigenvalue weighted by molar-refractivity contribution is 5.90. The summed E-state index contributed by atoms with van der Waals surface area (Å²) in [7, 11) is 1.60. The topological polar surface area (TPSA) is 50.8 Å². The highest BCUT2D eigenvalue weighted by Crippen LogP contribution is 2.26. The van der Waals surface area contributed by atoms with Crippen molar-refractivity contribution < 1.29 is 14.3 Å². The van der Waals surface area contributed by atoms with Gasteiger partial charge in [0.1, 0.15) is 0 Å². The molecule has 1 amide bonds. The molecule has 1 heterocycles. The Bertz CT molecular complexity index is 709. The van der Waals surface area contributed by atoms with E-state index in [1.54, 1.807) is 7.11 Å². The molecule has 1 saturated heterocycles. The van der Waals surface area contributed by atoms with Crippen LogP contribution in [-0.2, 0) is 4.79 Å². The van der Waals surface area contributed by atoms with Crippen LogP contribution in [0.15, 0.2) is 48.5 Å². The van der Waals surface area contributed by atoms with Gasteiger partial charge in [-0.3, -0.25) is 4.79 Å².